The lowest BCUT2D eigenvalue weighted by molar-refractivity contribution is -0.173. The molecule has 1 aromatic heterocycles. The number of fused-ring (bicyclic) bond motifs is 3. The molecule has 0 bridgehead atoms. The van der Waals surface area contributed by atoms with Gasteiger partial charge >= 0.3 is 6.18 Å². The van der Waals surface area contributed by atoms with Crippen molar-refractivity contribution in [2.75, 3.05) is 11.7 Å². The second-order valence-corrected chi connectivity index (χ2v) is 9.69. The number of benzene rings is 2. The number of carbonyl (C=O) groups is 1. The average molecular weight is 518 g/mol. The fourth-order valence-electron chi connectivity index (χ4n) is 4.78. The van der Waals surface area contributed by atoms with Gasteiger partial charge in [0.15, 0.2) is 11.4 Å². The number of carbonyl (C=O) groups excluding carboxylic acids is 1. The molecule has 0 saturated carbocycles. The van der Waals surface area contributed by atoms with Crippen molar-refractivity contribution in [2.45, 2.75) is 42.4 Å². The number of thioether (sulfide) groups is 1. The number of alkyl halides is 3. The molecule has 2 aliphatic heterocycles. The number of pyridine rings is 1. The number of aliphatic hydroxyl groups excluding tert-OH is 1. The van der Waals surface area contributed by atoms with Crippen molar-refractivity contribution in [3.63, 3.8) is 0 Å². The molecule has 0 saturated heterocycles. The van der Waals surface area contributed by atoms with E-state index in [0.29, 0.717) is 21.8 Å². The van der Waals surface area contributed by atoms with Crippen molar-refractivity contribution >= 4 is 17.7 Å². The zero-order valence-corrected chi connectivity index (χ0v) is 19.9. The number of aromatic hydroxyl groups is 1. The first-order chi connectivity index (χ1) is 17.1. The van der Waals surface area contributed by atoms with Crippen LogP contribution in [0.2, 0.25) is 0 Å². The van der Waals surface area contributed by atoms with Crippen LogP contribution in [0.4, 0.5) is 13.2 Å². The molecule has 0 spiro atoms. The smallest absolute Gasteiger partial charge is 0.408 e. The highest BCUT2D eigenvalue weighted by molar-refractivity contribution is 7.98. The maximum absolute atomic E-state index is 13.8. The summed E-state index contributed by atoms with van der Waals surface area (Å²) < 4.78 is 42.7. The van der Waals surface area contributed by atoms with Crippen LogP contribution in [0, 0.1) is 0 Å². The molecule has 11 heteroatoms. The number of hydrogen-bond acceptors (Lipinski definition) is 6. The number of nitrogens with zero attached hydrogens (tertiary/aromatic N) is 3. The lowest BCUT2D eigenvalue weighted by Crippen LogP contribution is -2.60. The summed E-state index contributed by atoms with van der Waals surface area (Å²) in [5.41, 5.74) is 1.53. The number of amides is 1. The highest BCUT2D eigenvalue weighted by atomic mass is 32.2. The summed E-state index contributed by atoms with van der Waals surface area (Å²) in [4.78, 5) is 27.0. The van der Waals surface area contributed by atoms with Crippen molar-refractivity contribution in [3.05, 3.63) is 92.9 Å². The number of hydrogen-bond donors (Lipinski definition) is 2. The zero-order chi connectivity index (χ0) is 25.8. The SMILES string of the molecule is C[C@@H](N1CN([C@@H]2c3ccccc3SCc3cccc(CO)c32)n2ccc(=O)c(O)c2C1=O)C(F)(F)F. The van der Waals surface area contributed by atoms with Crippen LogP contribution < -0.4 is 10.4 Å². The fourth-order valence-corrected chi connectivity index (χ4v) is 5.86. The Kier molecular flexibility index (Phi) is 6.00. The molecule has 2 aliphatic rings. The molecule has 0 unspecified atom stereocenters. The second-order valence-electron chi connectivity index (χ2n) is 8.67. The highest BCUT2D eigenvalue weighted by Gasteiger charge is 2.47. The maximum atomic E-state index is 13.8. The topological polar surface area (TPSA) is 86.0 Å². The van der Waals surface area contributed by atoms with Gasteiger partial charge in [-0.3, -0.25) is 19.3 Å². The standard InChI is InChI=1S/C25H22F3N3O4S/c1-14(25(26,27)28)29-13-31(30-10-9-18(33)23(34)22(30)24(29)35)21-17-7-2-3-8-19(17)36-12-16-6-4-5-15(11-32)20(16)21/h2-10,14,21,32,34H,11-13H2,1H3/t14-,21-/m1/s1. The molecule has 2 aromatic carbocycles. The number of halogens is 3. The molecule has 2 atom stereocenters. The van der Waals surface area contributed by atoms with E-state index in [1.54, 1.807) is 17.8 Å². The molecule has 0 fully saturated rings. The Morgan fingerprint density at radius 3 is 2.58 bits per heavy atom. The summed E-state index contributed by atoms with van der Waals surface area (Å²) in [5.74, 6) is -1.45. The second kappa shape index (κ2) is 8.90. The zero-order valence-electron chi connectivity index (χ0n) is 19.1. The first kappa shape index (κ1) is 24.3. The molecule has 2 N–H and O–H groups in total. The van der Waals surface area contributed by atoms with Gasteiger partial charge in [0.2, 0.25) is 5.43 Å². The van der Waals surface area contributed by atoms with Crippen LogP contribution in [0.3, 0.4) is 0 Å². The maximum Gasteiger partial charge on any atom is 0.408 e. The third-order valence-corrected chi connectivity index (χ3v) is 7.80. The van der Waals surface area contributed by atoms with E-state index in [4.69, 9.17) is 0 Å². The predicted molar refractivity (Wildman–Crippen MR) is 127 cm³/mol. The monoisotopic (exact) mass is 517 g/mol. The molecule has 0 aliphatic carbocycles. The Bertz CT molecular complexity index is 1410. The minimum absolute atomic E-state index is 0.301. The van der Waals surface area contributed by atoms with Crippen molar-refractivity contribution in [1.82, 2.24) is 9.58 Å². The molecule has 0 radical (unpaired) electrons. The van der Waals surface area contributed by atoms with Crippen LogP contribution >= 0.6 is 11.8 Å². The van der Waals surface area contributed by atoms with Gasteiger partial charge in [-0.05, 0) is 35.2 Å². The molecule has 188 valence electrons. The minimum Gasteiger partial charge on any atom is -0.502 e. The molecule has 1 amide bonds. The fraction of sp³-hybridized carbons (Fsp3) is 0.280. The van der Waals surface area contributed by atoms with Crippen LogP contribution in [-0.2, 0) is 12.4 Å². The Labute approximate surface area is 208 Å². The summed E-state index contributed by atoms with van der Waals surface area (Å²) in [6, 6.07) is 11.1. The van der Waals surface area contributed by atoms with Crippen LogP contribution in [0.1, 0.15) is 45.7 Å². The van der Waals surface area contributed by atoms with E-state index in [-0.39, 0.29) is 6.61 Å². The lowest BCUT2D eigenvalue weighted by atomic mass is 9.90. The Hall–Kier alpha value is -3.44. The van der Waals surface area contributed by atoms with Crippen molar-refractivity contribution in [1.29, 1.82) is 0 Å². The van der Waals surface area contributed by atoms with Gasteiger partial charge in [0.05, 0.1) is 12.6 Å². The van der Waals surface area contributed by atoms with E-state index in [0.717, 1.165) is 29.0 Å². The van der Waals surface area contributed by atoms with Gasteiger partial charge in [-0.25, -0.2) is 0 Å². The summed E-state index contributed by atoms with van der Waals surface area (Å²) >= 11 is 1.56. The molecular formula is C25H22F3N3O4S. The van der Waals surface area contributed by atoms with E-state index in [1.165, 1.54) is 15.9 Å². The van der Waals surface area contributed by atoms with Crippen LogP contribution in [0.15, 0.2) is 64.4 Å². The van der Waals surface area contributed by atoms with Crippen LogP contribution in [0.25, 0.3) is 0 Å². The lowest BCUT2D eigenvalue weighted by Gasteiger charge is -2.46. The van der Waals surface area contributed by atoms with E-state index in [1.807, 2.05) is 36.4 Å². The predicted octanol–water partition coefficient (Wildman–Crippen LogP) is 3.74. The summed E-state index contributed by atoms with van der Waals surface area (Å²) in [6.07, 6.45) is -3.45. The van der Waals surface area contributed by atoms with Crippen LogP contribution in [0.5, 0.6) is 5.75 Å². The Morgan fingerprint density at radius 2 is 1.86 bits per heavy atom. The molecular weight excluding hydrogens is 495 g/mol. The highest BCUT2D eigenvalue weighted by Crippen LogP contribution is 2.44. The van der Waals surface area contributed by atoms with Gasteiger partial charge < -0.3 is 15.1 Å². The quantitative estimate of drug-likeness (QED) is 0.551. The van der Waals surface area contributed by atoms with Crippen molar-refractivity contribution < 1.29 is 28.2 Å². The molecule has 5 rings (SSSR count). The third-order valence-electron chi connectivity index (χ3n) is 6.66. The number of rotatable bonds is 3. The number of aromatic nitrogens is 1. The molecule has 7 nitrogen and oxygen atoms in total. The minimum atomic E-state index is -4.74. The first-order valence-corrected chi connectivity index (χ1v) is 12.1. The average Bonchev–Trinajstić information content (AvgIpc) is 3.02. The van der Waals surface area contributed by atoms with Gasteiger partial charge in [0.1, 0.15) is 12.7 Å². The van der Waals surface area contributed by atoms with Gasteiger partial charge in [0, 0.05) is 22.9 Å². The molecule has 3 aromatic rings. The molecule has 36 heavy (non-hydrogen) atoms. The normalized spacial score (nSPS) is 18.2. The van der Waals surface area contributed by atoms with Gasteiger partial charge in [-0.1, -0.05) is 36.4 Å². The summed E-state index contributed by atoms with van der Waals surface area (Å²) in [5, 5.41) is 22.3. The van der Waals surface area contributed by atoms with Gasteiger partial charge in [-0.15, -0.1) is 11.8 Å². The summed E-state index contributed by atoms with van der Waals surface area (Å²) in [6.45, 7) is 0.0930. The Balaban J connectivity index is 1.81. The largest absolute Gasteiger partial charge is 0.502 e. The number of aliphatic hydroxyl groups is 1. The summed E-state index contributed by atoms with van der Waals surface area (Å²) in [7, 11) is 0. The van der Waals surface area contributed by atoms with E-state index in [2.05, 4.69) is 0 Å². The first-order valence-electron chi connectivity index (χ1n) is 11.2. The Morgan fingerprint density at radius 1 is 1.11 bits per heavy atom. The van der Waals surface area contributed by atoms with Crippen molar-refractivity contribution in [2.24, 2.45) is 0 Å². The van der Waals surface area contributed by atoms with Crippen LogP contribution in [-0.4, -0.2) is 44.6 Å². The van der Waals surface area contributed by atoms with Gasteiger partial charge in [0.25, 0.3) is 5.91 Å². The van der Waals surface area contributed by atoms with E-state index >= 15 is 0 Å². The van der Waals surface area contributed by atoms with E-state index in [9.17, 15) is 33.0 Å². The van der Waals surface area contributed by atoms with Crippen molar-refractivity contribution in [3.8, 4) is 5.75 Å². The third kappa shape index (κ3) is 3.82. The van der Waals surface area contributed by atoms with Gasteiger partial charge in [-0.2, -0.15) is 13.2 Å². The van der Waals surface area contributed by atoms with E-state index < -0.39 is 47.7 Å². The molecule has 3 heterocycles.